The molecule has 0 radical (unpaired) electrons. The summed E-state index contributed by atoms with van der Waals surface area (Å²) in [5, 5.41) is 2.96. The molecule has 0 aromatic heterocycles. The van der Waals surface area contributed by atoms with Gasteiger partial charge in [-0.2, -0.15) is 0 Å². The Morgan fingerprint density at radius 1 is 0.850 bits per heavy atom. The topological polar surface area (TPSA) is 86.8 Å². The smallest absolute Gasteiger partial charge is 0.264 e. The van der Waals surface area contributed by atoms with E-state index < -0.39 is 28.5 Å². The largest absolute Gasteiger partial charge is 0.352 e. The maximum Gasteiger partial charge on any atom is 0.264 e. The average Bonchev–Trinajstić information content (AvgIpc) is 2.95. The highest BCUT2D eigenvalue weighted by Crippen LogP contribution is 2.28. The zero-order valence-corrected chi connectivity index (χ0v) is 25.2. The van der Waals surface area contributed by atoms with Crippen LogP contribution < -0.4 is 9.62 Å². The summed E-state index contributed by atoms with van der Waals surface area (Å²) in [6.07, 6.45) is 1.34. The Morgan fingerprint density at radius 2 is 1.43 bits per heavy atom. The first-order chi connectivity index (χ1) is 19.0. The van der Waals surface area contributed by atoms with Crippen LogP contribution in [0.5, 0.6) is 0 Å². The van der Waals surface area contributed by atoms with Gasteiger partial charge in [-0.1, -0.05) is 79.6 Å². The van der Waals surface area contributed by atoms with E-state index in [1.807, 2.05) is 71.0 Å². The van der Waals surface area contributed by atoms with Crippen molar-refractivity contribution in [3.8, 4) is 0 Å². The fourth-order valence-electron chi connectivity index (χ4n) is 4.34. The van der Waals surface area contributed by atoms with Gasteiger partial charge >= 0.3 is 0 Å². The number of carbonyl (C=O) groups is 2. The van der Waals surface area contributed by atoms with Crippen molar-refractivity contribution in [2.24, 2.45) is 0 Å². The molecule has 0 aliphatic rings. The Kier molecular flexibility index (Phi) is 10.5. The second-order valence-electron chi connectivity index (χ2n) is 10.3. The highest BCUT2D eigenvalue weighted by molar-refractivity contribution is 7.92. The summed E-state index contributed by atoms with van der Waals surface area (Å²) < 4.78 is 29.2. The number of anilines is 1. The van der Waals surface area contributed by atoms with Crippen LogP contribution in [0.2, 0.25) is 0 Å². The molecule has 0 aliphatic heterocycles. The van der Waals surface area contributed by atoms with Gasteiger partial charge in [-0.05, 0) is 69.9 Å². The molecule has 1 N–H and O–H groups in total. The normalized spacial score (nSPS) is 12.8. The number of para-hydroxylation sites is 1. The zero-order valence-electron chi connectivity index (χ0n) is 24.3. The van der Waals surface area contributed by atoms with Crippen LogP contribution in [0.25, 0.3) is 0 Å². The van der Waals surface area contributed by atoms with E-state index in [-0.39, 0.29) is 23.4 Å². The van der Waals surface area contributed by atoms with Crippen LogP contribution in [0.3, 0.4) is 0 Å². The van der Waals surface area contributed by atoms with Gasteiger partial charge in [0.1, 0.15) is 12.6 Å². The van der Waals surface area contributed by atoms with Gasteiger partial charge in [0.05, 0.1) is 10.6 Å². The van der Waals surface area contributed by atoms with Gasteiger partial charge in [0.2, 0.25) is 11.8 Å². The van der Waals surface area contributed by atoms with Crippen LogP contribution in [0.1, 0.15) is 56.4 Å². The van der Waals surface area contributed by atoms with Crippen LogP contribution in [0.4, 0.5) is 5.69 Å². The first kappa shape index (κ1) is 30.9. The third-order valence-electron chi connectivity index (χ3n) is 7.17. The first-order valence-electron chi connectivity index (χ1n) is 13.8. The van der Waals surface area contributed by atoms with E-state index in [0.29, 0.717) is 12.1 Å². The third kappa shape index (κ3) is 7.50. The fraction of sp³-hybridized carbons (Fsp3) is 0.375. The van der Waals surface area contributed by atoms with E-state index in [2.05, 4.69) is 5.32 Å². The lowest BCUT2D eigenvalue weighted by molar-refractivity contribution is -0.139. The molecule has 2 atom stereocenters. The molecule has 0 saturated carbocycles. The molecule has 3 aromatic carbocycles. The molecule has 0 heterocycles. The predicted molar refractivity (Wildman–Crippen MR) is 161 cm³/mol. The van der Waals surface area contributed by atoms with Gasteiger partial charge in [-0.15, -0.1) is 0 Å². The molecule has 8 heteroatoms. The maximum absolute atomic E-state index is 14.1. The minimum absolute atomic E-state index is 0.0545. The van der Waals surface area contributed by atoms with Crippen molar-refractivity contribution in [2.45, 2.75) is 77.9 Å². The fourth-order valence-corrected chi connectivity index (χ4v) is 5.79. The number of hydrogen-bond acceptors (Lipinski definition) is 4. The second-order valence-corrected chi connectivity index (χ2v) is 12.2. The average molecular weight is 564 g/mol. The first-order valence-corrected chi connectivity index (χ1v) is 15.2. The summed E-state index contributed by atoms with van der Waals surface area (Å²) in [5.74, 6) is -0.745. The van der Waals surface area contributed by atoms with E-state index >= 15 is 0 Å². The Labute approximate surface area is 239 Å². The lowest BCUT2D eigenvalue weighted by atomic mass is 10.1. The van der Waals surface area contributed by atoms with Crippen molar-refractivity contribution in [1.29, 1.82) is 0 Å². The number of amides is 2. The van der Waals surface area contributed by atoms with Crippen molar-refractivity contribution in [1.82, 2.24) is 10.2 Å². The highest BCUT2D eigenvalue weighted by atomic mass is 32.2. The molecule has 7 nitrogen and oxygen atoms in total. The summed E-state index contributed by atoms with van der Waals surface area (Å²) in [4.78, 5) is 28.8. The molecule has 0 fully saturated rings. The summed E-state index contributed by atoms with van der Waals surface area (Å²) >= 11 is 0. The van der Waals surface area contributed by atoms with Crippen LogP contribution in [-0.4, -0.2) is 43.8 Å². The molecule has 3 aromatic rings. The van der Waals surface area contributed by atoms with Gasteiger partial charge < -0.3 is 10.2 Å². The van der Waals surface area contributed by atoms with Crippen LogP contribution in [0.15, 0.2) is 77.7 Å². The van der Waals surface area contributed by atoms with Gasteiger partial charge in [0.15, 0.2) is 0 Å². The number of nitrogens with zero attached hydrogens (tertiary/aromatic N) is 2. The number of rotatable bonds is 12. The molecule has 2 unspecified atom stereocenters. The molecular weight excluding hydrogens is 522 g/mol. The van der Waals surface area contributed by atoms with Crippen LogP contribution in [0, 0.1) is 13.8 Å². The molecule has 0 bridgehead atoms. The summed E-state index contributed by atoms with van der Waals surface area (Å²) in [5.41, 5.74) is 4.12. The molecular formula is C32H41N3O4S. The van der Waals surface area contributed by atoms with E-state index in [1.165, 1.54) is 9.21 Å². The van der Waals surface area contributed by atoms with Crippen molar-refractivity contribution in [2.75, 3.05) is 10.8 Å². The van der Waals surface area contributed by atoms with Crippen LogP contribution in [-0.2, 0) is 32.6 Å². The molecule has 0 aliphatic carbocycles. The van der Waals surface area contributed by atoms with Gasteiger partial charge in [-0.3, -0.25) is 13.9 Å². The van der Waals surface area contributed by atoms with Crippen molar-refractivity contribution in [3.63, 3.8) is 0 Å². The maximum atomic E-state index is 14.1. The standard InChI is InChI=1S/C32H41N3O4S/c1-7-25(5)33-32(37)26(6)34(21-27-17-13-23(3)14-18-27)31(36)22-35(30-12-10-9-11-28(30)8-2)40(38,39)29-19-15-24(4)16-20-29/h9-20,25-26H,7-8,21-22H2,1-6H3,(H,33,37). The number of sulfonamides is 1. The van der Waals surface area contributed by atoms with Crippen LogP contribution >= 0.6 is 0 Å². The number of carbonyl (C=O) groups excluding carboxylic acids is 2. The van der Waals surface area contributed by atoms with Gasteiger partial charge in [0, 0.05) is 12.6 Å². The molecule has 214 valence electrons. The van der Waals surface area contributed by atoms with E-state index in [0.717, 1.165) is 28.7 Å². The zero-order chi connectivity index (χ0) is 29.4. The Balaban J connectivity index is 2.06. The number of nitrogens with one attached hydrogen (secondary N) is 1. The minimum atomic E-state index is -4.09. The van der Waals surface area contributed by atoms with E-state index in [1.54, 1.807) is 43.3 Å². The Morgan fingerprint density at radius 3 is 2.00 bits per heavy atom. The van der Waals surface area contributed by atoms with E-state index in [4.69, 9.17) is 0 Å². The highest BCUT2D eigenvalue weighted by Gasteiger charge is 2.33. The summed E-state index contributed by atoms with van der Waals surface area (Å²) in [6.45, 7) is 11.1. The molecule has 2 amide bonds. The Bertz CT molecular complexity index is 1400. The minimum Gasteiger partial charge on any atom is -0.352 e. The van der Waals surface area contributed by atoms with Gasteiger partial charge in [0.25, 0.3) is 10.0 Å². The lowest BCUT2D eigenvalue weighted by Gasteiger charge is -2.33. The van der Waals surface area contributed by atoms with Crippen molar-refractivity contribution < 1.29 is 18.0 Å². The molecule has 0 spiro atoms. The molecule has 0 saturated heterocycles. The quantitative estimate of drug-likeness (QED) is 0.320. The molecule has 3 rings (SSSR count). The number of benzene rings is 3. The number of aryl methyl sites for hydroxylation is 3. The lowest BCUT2D eigenvalue weighted by Crippen LogP contribution is -2.52. The van der Waals surface area contributed by atoms with Crippen molar-refractivity contribution in [3.05, 3.63) is 95.1 Å². The monoisotopic (exact) mass is 563 g/mol. The third-order valence-corrected chi connectivity index (χ3v) is 8.94. The summed E-state index contributed by atoms with van der Waals surface area (Å²) in [7, 11) is -4.09. The number of hydrogen-bond donors (Lipinski definition) is 1. The van der Waals surface area contributed by atoms with E-state index in [9.17, 15) is 18.0 Å². The van der Waals surface area contributed by atoms with Gasteiger partial charge in [-0.25, -0.2) is 8.42 Å². The summed E-state index contributed by atoms with van der Waals surface area (Å²) in [6, 6.07) is 20.7. The second kappa shape index (κ2) is 13.6. The predicted octanol–water partition coefficient (Wildman–Crippen LogP) is 5.39. The SMILES string of the molecule is CCc1ccccc1N(CC(=O)N(Cc1ccc(C)cc1)C(C)C(=O)NC(C)CC)S(=O)(=O)c1ccc(C)cc1. The molecule has 40 heavy (non-hydrogen) atoms. The Hall–Kier alpha value is -3.65. The van der Waals surface area contributed by atoms with Crippen molar-refractivity contribution >= 4 is 27.5 Å².